The van der Waals surface area contributed by atoms with E-state index in [0.29, 0.717) is 13.1 Å². The van der Waals surface area contributed by atoms with Gasteiger partial charge in [0.2, 0.25) is 11.8 Å². The molecule has 3 N–H and O–H groups in total. The Morgan fingerprint density at radius 2 is 2.00 bits per heavy atom. The Labute approximate surface area is 162 Å². The molecule has 3 amide bonds. The lowest BCUT2D eigenvalue weighted by molar-refractivity contribution is -0.124. The van der Waals surface area contributed by atoms with Crippen LogP contribution in [0.3, 0.4) is 0 Å². The number of hydrogen-bond acceptors (Lipinski definition) is 5. The molecule has 1 unspecified atom stereocenters. The summed E-state index contributed by atoms with van der Waals surface area (Å²) in [5.74, 6) is -0.910. The van der Waals surface area contributed by atoms with Crippen molar-refractivity contribution in [2.75, 3.05) is 13.1 Å². The first kappa shape index (κ1) is 18.1. The summed E-state index contributed by atoms with van der Waals surface area (Å²) in [7, 11) is 0. The van der Waals surface area contributed by atoms with Gasteiger partial charge < -0.3 is 16.0 Å². The molecule has 2 aliphatic rings. The molecule has 144 valence electrons. The van der Waals surface area contributed by atoms with Crippen LogP contribution in [0.1, 0.15) is 45.8 Å². The van der Waals surface area contributed by atoms with Crippen molar-refractivity contribution in [3.05, 3.63) is 59.7 Å². The van der Waals surface area contributed by atoms with E-state index in [9.17, 15) is 14.4 Å². The SMILES string of the molecule is NC(=O)c1ccnc(C(=O)N2CCC2CNC(=O)C2(c3ccccn3)CC2)c1. The number of likely N-dealkylation sites (tertiary alicyclic amines) is 1. The maximum Gasteiger partial charge on any atom is 0.272 e. The number of carbonyl (C=O) groups excluding carboxylic acids is 3. The molecule has 0 aromatic carbocycles. The Kier molecular flexibility index (Phi) is 4.54. The fraction of sp³-hybridized carbons (Fsp3) is 0.350. The van der Waals surface area contributed by atoms with Crippen LogP contribution in [0.4, 0.5) is 0 Å². The maximum absolute atomic E-state index is 12.7. The van der Waals surface area contributed by atoms with Gasteiger partial charge in [0.15, 0.2) is 0 Å². The monoisotopic (exact) mass is 379 g/mol. The number of hydrogen-bond donors (Lipinski definition) is 2. The van der Waals surface area contributed by atoms with E-state index >= 15 is 0 Å². The minimum absolute atomic E-state index is 0.0423. The smallest absolute Gasteiger partial charge is 0.272 e. The molecule has 0 bridgehead atoms. The highest BCUT2D eigenvalue weighted by atomic mass is 16.2. The van der Waals surface area contributed by atoms with Crippen LogP contribution in [0.2, 0.25) is 0 Å². The van der Waals surface area contributed by atoms with Gasteiger partial charge in [-0.05, 0) is 43.5 Å². The molecule has 1 saturated carbocycles. The van der Waals surface area contributed by atoms with Crippen molar-refractivity contribution in [3.8, 4) is 0 Å². The van der Waals surface area contributed by atoms with Crippen LogP contribution >= 0.6 is 0 Å². The number of nitrogens with zero attached hydrogens (tertiary/aromatic N) is 3. The molecule has 4 rings (SSSR count). The van der Waals surface area contributed by atoms with Crippen molar-refractivity contribution >= 4 is 17.7 Å². The Morgan fingerprint density at radius 1 is 1.18 bits per heavy atom. The summed E-state index contributed by atoms with van der Waals surface area (Å²) in [6.07, 6.45) is 5.47. The average Bonchev–Trinajstić information content (AvgIpc) is 3.50. The van der Waals surface area contributed by atoms with E-state index in [0.717, 1.165) is 25.0 Å². The zero-order valence-corrected chi connectivity index (χ0v) is 15.3. The van der Waals surface area contributed by atoms with Crippen molar-refractivity contribution in [3.63, 3.8) is 0 Å². The fourth-order valence-corrected chi connectivity index (χ4v) is 3.52. The van der Waals surface area contributed by atoms with Gasteiger partial charge in [0.1, 0.15) is 5.69 Å². The molecule has 1 aliphatic heterocycles. The third kappa shape index (κ3) is 3.21. The quantitative estimate of drug-likeness (QED) is 0.763. The number of nitrogens with two attached hydrogens (primary N) is 1. The van der Waals surface area contributed by atoms with Crippen LogP contribution in [0.25, 0.3) is 0 Å². The largest absolute Gasteiger partial charge is 0.366 e. The number of amides is 3. The normalized spacial score (nSPS) is 19.4. The van der Waals surface area contributed by atoms with E-state index in [1.165, 1.54) is 18.3 Å². The maximum atomic E-state index is 12.7. The van der Waals surface area contributed by atoms with Crippen molar-refractivity contribution in [1.82, 2.24) is 20.2 Å². The van der Waals surface area contributed by atoms with Gasteiger partial charge in [0, 0.05) is 31.0 Å². The molecule has 2 fully saturated rings. The summed E-state index contributed by atoms with van der Waals surface area (Å²) in [6.45, 7) is 0.974. The first-order valence-corrected chi connectivity index (χ1v) is 9.28. The van der Waals surface area contributed by atoms with Crippen LogP contribution in [-0.4, -0.2) is 51.7 Å². The van der Waals surface area contributed by atoms with Crippen LogP contribution in [0.5, 0.6) is 0 Å². The van der Waals surface area contributed by atoms with E-state index in [4.69, 9.17) is 5.73 Å². The third-order valence-electron chi connectivity index (χ3n) is 5.51. The molecule has 2 aromatic rings. The lowest BCUT2D eigenvalue weighted by Gasteiger charge is -2.41. The number of aromatic nitrogens is 2. The number of nitrogens with one attached hydrogen (secondary N) is 1. The van der Waals surface area contributed by atoms with E-state index in [-0.39, 0.29) is 29.1 Å². The molecule has 8 nitrogen and oxygen atoms in total. The molecular formula is C20H21N5O3. The van der Waals surface area contributed by atoms with Crippen LogP contribution in [0, 0.1) is 0 Å². The predicted molar refractivity (Wildman–Crippen MR) is 100 cm³/mol. The van der Waals surface area contributed by atoms with Gasteiger partial charge in [-0.3, -0.25) is 24.4 Å². The Balaban J connectivity index is 1.38. The summed E-state index contributed by atoms with van der Waals surface area (Å²) in [5, 5.41) is 2.98. The topological polar surface area (TPSA) is 118 Å². The van der Waals surface area contributed by atoms with Crippen molar-refractivity contribution in [1.29, 1.82) is 0 Å². The van der Waals surface area contributed by atoms with Gasteiger partial charge in [0.25, 0.3) is 5.91 Å². The average molecular weight is 379 g/mol. The molecule has 1 atom stereocenters. The molecular weight excluding hydrogens is 358 g/mol. The lowest BCUT2D eigenvalue weighted by Crippen LogP contribution is -2.56. The predicted octanol–water partition coefficient (Wildman–Crippen LogP) is 0.638. The van der Waals surface area contributed by atoms with Crippen LogP contribution in [0.15, 0.2) is 42.7 Å². The molecule has 0 spiro atoms. The highest BCUT2D eigenvalue weighted by molar-refractivity contribution is 5.98. The summed E-state index contributed by atoms with van der Waals surface area (Å²) in [6, 6.07) is 8.38. The van der Waals surface area contributed by atoms with Gasteiger partial charge in [-0.25, -0.2) is 0 Å². The summed E-state index contributed by atoms with van der Waals surface area (Å²) >= 11 is 0. The van der Waals surface area contributed by atoms with Crippen molar-refractivity contribution in [2.45, 2.75) is 30.7 Å². The van der Waals surface area contributed by atoms with Gasteiger partial charge in [-0.15, -0.1) is 0 Å². The second kappa shape index (κ2) is 7.03. The molecule has 1 aliphatic carbocycles. The van der Waals surface area contributed by atoms with Crippen LogP contribution < -0.4 is 11.1 Å². The molecule has 28 heavy (non-hydrogen) atoms. The Bertz CT molecular complexity index is 926. The molecule has 1 saturated heterocycles. The number of primary amides is 1. The Hall–Kier alpha value is -3.29. The van der Waals surface area contributed by atoms with Gasteiger partial charge >= 0.3 is 0 Å². The first-order chi connectivity index (χ1) is 13.5. The summed E-state index contributed by atoms with van der Waals surface area (Å²) < 4.78 is 0. The number of carbonyl (C=O) groups is 3. The number of pyridine rings is 2. The summed E-state index contributed by atoms with van der Waals surface area (Å²) in [5.41, 5.74) is 5.95. The highest BCUT2D eigenvalue weighted by Gasteiger charge is 2.52. The molecule has 0 radical (unpaired) electrons. The van der Waals surface area contributed by atoms with E-state index in [1.807, 2.05) is 18.2 Å². The first-order valence-electron chi connectivity index (χ1n) is 9.28. The van der Waals surface area contributed by atoms with E-state index < -0.39 is 11.3 Å². The van der Waals surface area contributed by atoms with Crippen LogP contribution in [-0.2, 0) is 10.2 Å². The van der Waals surface area contributed by atoms with Crippen molar-refractivity contribution < 1.29 is 14.4 Å². The van der Waals surface area contributed by atoms with Gasteiger partial charge in [-0.1, -0.05) is 6.07 Å². The Morgan fingerprint density at radius 3 is 2.61 bits per heavy atom. The second-order valence-electron chi connectivity index (χ2n) is 7.24. The van der Waals surface area contributed by atoms with Gasteiger partial charge in [-0.2, -0.15) is 0 Å². The summed E-state index contributed by atoms with van der Waals surface area (Å²) in [4.78, 5) is 46.7. The minimum Gasteiger partial charge on any atom is -0.366 e. The fourth-order valence-electron chi connectivity index (χ4n) is 3.52. The standard InChI is InChI=1S/C20H21N5O3/c21-17(26)13-4-9-22-15(11-13)18(27)25-10-5-14(25)12-24-19(28)20(6-7-20)16-3-1-2-8-23-16/h1-4,8-9,11,14H,5-7,10,12H2,(H2,21,26)(H,24,28). The lowest BCUT2D eigenvalue weighted by atomic mass is 9.98. The zero-order valence-electron chi connectivity index (χ0n) is 15.3. The minimum atomic E-state index is -0.604. The van der Waals surface area contributed by atoms with E-state index in [1.54, 1.807) is 11.1 Å². The second-order valence-corrected chi connectivity index (χ2v) is 7.24. The molecule has 3 heterocycles. The van der Waals surface area contributed by atoms with Gasteiger partial charge in [0.05, 0.1) is 17.2 Å². The highest BCUT2D eigenvalue weighted by Crippen LogP contribution is 2.47. The third-order valence-corrected chi connectivity index (χ3v) is 5.51. The van der Waals surface area contributed by atoms with Crippen molar-refractivity contribution in [2.24, 2.45) is 5.73 Å². The number of rotatable bonds is 6. The van der Waals surface area contributed by atoms with E-state index in [2.05, 4.69) is 15.3 Å². The zero-order chi connectivity index (χ0) is 19.7. The molecule has 8 heteroatoms. The molecule has 2 aromatic heterocycles.